The van der Waals surface area contributed by atoms with Crippen LogP contribution in [0.2, 0.25) is 0 Å². The second-order valence-corrected chi connectivity index (χ2v) is 9.47. The van der Waals surface area contributed by atoms with E-state index in [0.29, 0.717) is 35.6 Å². The van der Waals surface area contributed by atoms with E-state index in [1.54, 1.807) is 44.2 Å². The Hall–Kier alpha value is -2.68. The van der Waals surface area contributed by atoms with Gasteiger partial charge in [-0.3, -0.25) is 0 Å². The molecule has 0 bridgehead atoms. The normalized spacial score (nSPS) is 15.7. The van der Waals surface area contributed by atoms with Crippen LogP contribution in [0.25, 0.3) is 11.4 Å². The van der Waals surface area contributed by atoms with Crippen LogP contribution in [0.4, 0.5) is 16.3 Å². The molecule has 0 spiro atoms. The lowest BCUT2D eigenvalue weighted by atomic mass is 10.1. The third-order valence-corrected chi connectivity index (χ3v) is 7.44. The molecule has 0 unspecified atom stereocenters. The Labute approximate surface area is 151 Å². The Morgan fingerprint density at radius 3 is 2.31 bits per heavy atom. The third-order valence-electron chi connectivity index (χ3n) is 4.49. The first-order chi connectivity index (χ1) is 12.2. The summed E-state index contributed by atoms with van der Waals surface area (Å²) in [6, 6.07) is 7.61. The molecule has 138 valence electrons. The van der Waals surface area contributed by atoms with Crippen LogP contribution >= 0.6 is 0 Å². The van der Waals surface area contributed by atoms with Crippen molar-refractivity contribution in [1.29, 1.82) is 0 Å². The maximum Gasteiger partial charge on any atom is 0.316 e. The molecule has 1 aromatic carbocycles. The quantitative estimate of drug-likeness (QED) is 0.730. The highest BCUT2D eigenvalue weighted by Gasteiger charge is 2.58. The van der Waals surface area contributed by atoms with Crippen molar-refractivity contribution in [1.82, 2.24) is 9.97 Å². The van der Waals surface area contributed by atoms with Gasteiger partial charge >= 0.3 is 6.03 Å². The molecule has 2 amide bonds. The smallest absolute Gasteiger partial charge is 0.316 e. The highest BCUT2D eigenvalue weighted by molar-refractivity contribution is 7.93. The number of primary amides is 1. The Kier molecular flexibility index (Phi) is 4.35. The summed E-state index contributed by atoms with van der Waals surface area (Å²) in [7, 11) is -3.36. The molecule has 0 radical (unpaired) electrons. The van der Waals surface area contributed by atoms with E-state index >= 15 is 0 Å². The fourth-order valence-corrected chi connectivity index (χ4v) is 4.89. The second kappa shape index (κ2) is 6.24. The van der Waals surface area contributed by atoms with E-state index in [1.807, 2.05) is 0 Å². The average molecular weight is 375 g/mol. The number of rotatable bonds is 5. The fourth-order valence-electron chi connectivity index (χ4n) is 2.92. The van der Waals surface area contributed by atoms with E-state index in [0.717, 1.165) is 0 Å². The molecule has 1 aliphatic rings. The minimum atomic E-state index is -3.36. The van der Waals surface area contributed by atoms with Crippen molar-refractivity contribution < 1.29 is 13.2 Å². The minimum absolute atomic E-state index is 0.217. The number of amides is 2. The van der Waals surface area contributed by atoms with E-state index in [1.165, 1.54) is 0 Å². The van der Waals surface area contributed by atoms with Gasteiger partial charge in [-0.05, 0) is 51.0 Å². The molecule has 0 atom stereocenters. The zero-order valence-electron chi connectivity index (χ0n) is 14.6. The number of anilines is 2. The van der Waals surface area contributed by atoms with Crippen LogP contribution in [-0.4, -0.2) is 29.7 Å². The maximum atomic E-state index is 12.8. The van der Waals surface area contributed by atoms with Gasteiger partial charge < -0.3 is 16.8 Å². The largest absolute Gasteiger partial charge is 0.384 e. The third kappa shape index (κ3) is 3.10. The number of hydrogen-bond donors (Lipinski definition) is 3. The van der Waals surface area contributed by atoms with Crippen LogP contribution in [0.1, 0.15) is 32.4 Å². The van der Waals surface area contributed by atoms with Gasteiger partial charge in [0.15, 0.2) is 15.7 Å². The number of nitrogens with zero attached hydrogens (tertiary/aromatic N) is 2. The standard InChI is InChI=1S/C17H21N5O3S/c1-10(2)26(24,25)17(7-8-17)13-9-14(18)22-15(21-13)11-3-5-12(6-4-11)20-16(19)23/h3-6,9-10H,7-8H2,1-2H3,(H2,18,21,22)(H3,19,20,23). The van der Waals surface area contributed by atoms with Gasteiger partial charge in [0.2, 0.25) is 0 Å². The number of carbonyl (C=O) groups is 1. The number of carbonyl (C=O) groups excluding carboxylic acids is 1. The molecule has 8 nitrogen and oxygen atoms in total. The first kappa shape index (κ1) is 18.1. The van der Waals surface area contributed by atoms with Crippen LogP contribution in [0, 0.1) is 0 Å². The molecule has 1 heterocycles. The number of sulfone groups is 1. The molecule has 2 aromatic rings. The summed E-state index contributed by atoms with van der Waals surface area (Å²) in [5.74, 6) is 0.561. The molecule has 5 N–H and O–H groups in total. The number of nitrogens with two attached hydrogens (primary N) is 2. The lowest BCUT2D eigenvalue weighted by Gasteiger charge is -2.19. The van der Waals surface area contributed by atoms with Crippen molar-refractivity contribution in [3.8, 4) is 11.4 Å². The van der Waals surface area contributed by atoms with Crippen LogP contribution < -0.4 is 16.8 Å². The highest BCUT2D eigenvalue weighted by atomic mass is 32.2. The zero-order chi connectivity index (χ0) is 19.1. The highest BCUT2D eigenvalue weighted by Crippen LogP contribution is 2.53. The van der Waals surface area contributed by atoms with Crippen molar-refractivity contribution >= 4 is 27.4 Å². The van der Waals surface area contributed by atoms with Gasteiger partial charge in [-0.1, -0.05) is 0 Å². The van der Waals surface area contributed by atoms with Crippen LogP contribution in [0.5, 0.6) is 0 Å². The molecule has 1 aromatic heterocycles. The van der Waals surface area contributed by atoms with E-state index in [4.69, 9.17) is 11.5 Å². The van der Waals surface area contributed by atoms with Gasteiger partial charge in [-0.15, -0.1) is 0 Å². The van der Waals surface area contributed by atoms with Crippen molar-refractivity contribution in [2.45, 2.75) is 36.7 Å². The summed E-state index contributed by atoms with van der Waals surface area (Å²) in [5, 5.41) is 1.97. The molecule has 0 aliphatic heterocycles. The lowest BCUT2D eigenvalue weighted by molar-refractivity contribution is 0.259. The van der Waals surface area contributed by atoms with Crippen molar-refractivity contribution in [2.24, 2.45) is 5.73 Å². The summed E-state index contributed by atoms with van der Waals surface area (Å²) in [6.07, 6.45) is 1.07. The van der Waals surface area contributed by atoms with Gasteiger partial charge in [0.25, 0.3) is 0 Å². The monoisotopic (exact) mass is 375 g/mol. The predicted octanol–water partition coefficient (Wildman–Crippen LogP) is 2.03. The van der Waals surface area contributed by atoms with Crippen molar-refractivity contribution in [3.05, 3.63) is 36.0 Å². The van der Waals surface area contributed by atoms with Gasteiger partial charge in [0.05, 0.1) is 10.9 Å². The topological polar surface area (TPSA) is 141 Å². The number of nitrogen functional groups attached to an aromatic ring is 1. The molecule has 1 saturated carbocycles. The van der Waals surface area contributed by atoms with Crippen LogP contribution in [0.3, 0.4) is 0 Å². The van der Waals surface area contributed by atoms with Crippen LogP contribution in [0.15, 0.2) is 30.3 Å². The Morgan fingerprint density at radius 1 is 1.19 bits per heavy atom. The molecular formula is C17H21N5O3S. The van der Waals surface area contributed by atoms with Crippen LogP contribution in [-0.2, 0) is 14.6 Å². The summed E-state index contributed by atoms with van der Waals surface area (Å²) >= 11 is 0. The van der Waals surface area contributed by atoms with Crippen molar-refractivity contribution in [2.75, 3.05) is 11.1 Å². The number of hydrogen-bond acceptors (Lipinski definition) is 6. The van der Waals surface area contributed by atoms with Gasteiger partial charge in [0, 0.05) is 17.3 Å². The van der Waals surface area contributed by atoms with E-state index < -0.39 is 25.9 Å². The molecule has 3 rings (SSSR count). The average Bonchev–Trinajstić information content (AvgIpc) is 3.36. The summed E-state index contributed by atoms with van der Waals surface area (Å²) in [5.41, 5.74) is 12.6. The summed E-state index contributed by atoms with van der Waals surface area (Å²) in [4.78, 5) is 19.6. The summed E-state index contributed by atoms with van der Waals surface area (Å²) < 4.78 is 24.6. The van der Waals surface area contributed by atoms with Gasteiger partial charge in [0.1, 0.15) is 10.6 Å². The second-order valence-electron chi connectivity index (χ2n) is 6.66. The maximum absolute atomic E-state index is 12.8. The Bertz CT molecular complexity index is 951. The Balaban J connectivity index is 2.00. The van der Waals surface area contributed by atoms with E-state index in [-0.39, 0.29) is 5.82 Å². The molecule has 9 heteroatoms. The fraction of sp³-hybridized carbons (Fsp3) is 0.353. The molecular weight excluding hydrogens is 354 g/mol. The predicted molar refractivity (Wildman–Crippen MR) is 100 cm³/mol. The number of urea groups is 1. The number of nitrogens with one attached hydrogen (secondary N) is 1. The zero-order valence-corrected chi connectivity index (χ0v) is 15.4. The molecule has 1 aliphatic carbocycles. The molecule has 1 fully saturated rings. The van der Waals surface area contributed by atoms with Crippen molar-refractivity contribution in [3.63, 3.8) is 0 Å². The SMILES string of the molecule is CC(C)S(=O)(=O)C1(c2cc(N)nc(-c3ccc(NC(N)=O)cc3)n2)CC1. The first-order valence-electron chi connectivity index (χ1n) is 8.21. The number of benzene rings is 1. The Morgan fingerprint density at radius 2 is 1.81 bits per heavy atom. The van der Waals surface area contributed by atoms with E-state index in [9.17, 15) is 13.2 Å². The minimum Gasteiger partial charge on any atom is -0.384 e. The number of aromatic nitrogens is 2. The van der Waals surface area contributed by atoms with Gasteiger partial charge in [-0.25, -0.2) is 23.2 Å². The molecule has 0 saturated heterocycles. The van der Waals surface area contributed by atoms with Gasteiger partial charge in [-0.2, -0.15) is 0 Å². The lowest BCUT2D eigenvalue weighted by Crippen LogP contribution is -2.29. The van der Waals surface area contributed by atoms with E-state index in [2.05, 4.69) is 15.3 Å². The first-order valence-corrected chi connectivity index (χ1v) is 9.76. The summed E-state index contributed by atoms with van der Waals surface area (Å²) in [6.45, 7) is 3.34. The molecule has 26 heavy (non-hydrogen) atoms.